The molecule has 2 aromatic rings. The van der Waals surface area contributed by atoms with E-state index in [1.807, 2.05) is 6.07 Å². The van der Waals surface area contributed by atoms with Gasteiger partial charge in [-0.05, 0) is 69.1 Å². The molecule has 0 unspecified atom stereocenters. The Labute approximate surface area is 190 Å². The third-order valence-corrected chi connectivity index (χ3v) is 6.62. The van der Waals surface area contributed by atoms with Crippen molar-refractivity contribution in [2.75, 3.05) is 26.2 Å². The van der Waals surface area contributed by atoms with Crippen molar-refractivity contribution >= 4 is 11.8 Å². The van der Waals surface area contributed by atoms with Crippen LogP contribution in [-0.4, -0.2) is 53.8 Å². The maximum Gasteiger partial charge on any atom is 0.416 e. The van der Waals surface area contributed by atoms with Gasteiger partial charge in [-0.15, -0.1) is 0 Å². The molecule has 2 saturated heterocycles. The zero-order valence-electron chi connectivity index (χ0n) is 18.3. The molecule has 6 nitrogen and oxygen atoms in total. The molecule has 0 saturated carbocycles. The van der Waals surface area contributed by atoms with Crippen molar-refractivity contribution < 1.29 is 27.2 Å². The molecule has 9 heteroatoms. The molecule has 2 aliphatic heterocycles. The number of carbonyl (C=O) groups is 2. The third-order valence-electron chi connectivity index (χ3n) is 6.62. The molecule has 0 radical (unpaired) electrons. The second kappa shape index (κ2) is 9.99. The Hall–Kier alpha value is -2.81. The summed E-state index contributed by atoms with van der Waals surface area (Å²) < 4.78 is 44.1. The molecule has 1 aromatic heterocycles. The maximum atomic E-state index is 13.0. The maximum absolute atomic E-state index is 13.0. The molecular weight excluding hydrogens is 435 g/mol. The highest BCUT2D eigenvalue weighted by Crippen LogP contribution is 2.30. The molecule has 0 bridgehead atoms. The number of nitrogens with zero attached hydrogens (tertiary/aromatic N) is 2. The highest BCUT2D eigenvalue weighted by Gasteiger charge is 2.33. The van der Waals surface area contributed by atoms with Crippen molar-refractivity contribution in [1.29, 1.82) is 0 Å². The van der Waals surface area contributed by atoms with E-state index in [2.05, 4.69) is 10.2 Å². The van der Waals surface area contributed by atoms with E-state index in [0.717, 1.165) is 56.7 Å². The lowest BCUT2D eigenvalue weighted by molar-refractivity contribution is -0.137. The van der Waals surface area contributed by atoms with Crippen LogP contribution in [0.3, 0.4) is 0 Å². The third kappa shape index (κ3) is 5.76. The van der Waals surface area contributed by atoms with E-state index in [1.54, 1.807) is 17.2 Å². The average Bonchev–Trinajstić information content (AvgIpc) is 3.36. The van der Waals surface area contributed by atoms with Crippen molar-refractivity contribution in [1.82, 2.24) is 15.1 Å². The summed E-state index contributed by atoms with van der Waals surface area (Å²) in [4.78, 5) is 29.2. The normalized spacial score (nSPS) is 18.9. The van der Waals surface area contributed by atoms with Gasteiger partial charge in [-0.1, -0.05) is 6.07 Å². The van der Waals surface area contributed by atoms with Crippen LogP contribution in [0.2, 0.25) is 0 Å². The first-order valence-corrected chi connectivity index (χ1v) is 11.3. The zero-order chi connectivity index (χ0) is 23.4. The van der Waals surface area contributed by atoms with Crippen LogP contribution in [0.4, 0.5) is 13.2 Å². The second-order valence-electron chi connectivity index (χ2n) is 8.71. The van der Waals surface area contributed by atoms with Crippen molar-refractivity contribution in [3.63, 3.8) is 0 Å². The molecule has 4 rings (SSSR count). The zero-order valence-corrected chi connectivity index (χ0v) is 18.3. The van der Waals surface area contributed by atoms with Crippen molar-refractivity contribution in [2.45, 2.75) is 44.4 Å². The Kier molecular flexibility index (Phi) is 7.07. The van der Waals surface area contributed by atoms with Crippen molar-refractivity contribution in [3.05, 3.63) is 59.5 Å². The summed E-state index contributed by atoms with van der Waals surface area (Å²) in [6.45, 7) is 3.08. The fourth-order valence-corrected chi connectivity index (χ4v) is 4.70. The van der Waals surface area contributed by atoms with E-state index in [1.165, 1.54) is 12.1 Å². The number of hydrogen-bond donors (Lipinski definition) is 1. The van der Waals surface area contributed by atoms with Crippen LogP contribution in [0, 0.1) is 5.92 Å². The molecule has 2 aliphatic rings. The van der Waals surface area contributed by atoms with Gasteiger partial charge in [-0.25, -0.2) is 0 Å². The van der Waals surface area contributed by atoms with Crippen LogP contribution >= 0.6 is 0 Å². The Bertz CT molecular complexity index is 945. The highest BCUT2D eigenvalue weighted by molar-refractivity contribution is 5.94. The largest absolute Gasteiger partial charge is 0.467 e. The Morgan fingerprint density at radius 2 is 1.73 bits per heavy atom. The molecule has 1 aromatic carbocycles. The monoisotopic (exact) mass is 463 g/mol. The van der Waals surface area contributed by atoms with Gasteiger partial charge in [0, 0.05) is 30.6 Å². The van der Waals surface area contributed by atoms with Gasteiger partial charge in [0.15, 0.2) is 0 Å². The fourth-order valence-electron chi connectivity index (χ4n) is 4.70. The van der Waals surface area contributed by atoms with Crippen molar-refractivity contribution in [2.24, 2.45) is 5.92 Å². The summed E-state index contributed by atoms with van der Waals surface area (Å²) in [5.41, 5.74) is -0.732. The Morgan fingerprint density at radius 1 is 1.00 bits per heavy atom. The smallest absolute Gasteiger partial charge is 0.416 e. The summed E-state index contributed by atoms with van der Waals surface area (Å²) in [7, 11) is 0. The Balaban J connectivity index is 1.23. The highest BCUT2D eigenvalue weighted by atomic mass is 19.4. The molecule has 0 aliphatic carbocycles. The van der Waals surface area contributed by atoms with E-state index in [-0.39, 0.29) is 23.3 Å². The van der Waals surface area contributed by atoms with Gasteiger partial charge >= 0.3 is 6.18 Å². The molecule has 2 fully saturated rings. The van der Waals surface area contributed by atoms with Crippen LogP contribution in [0.25, 0.3) is 0 Å². The lowest BCUT2D eigenvalue weighted by Gasteiger charge is -2.41. The van der Waals surface area contributed by atoms with Crippen LogP contribution in [0.1, 0.15) is 47.4 Å². The number of amides is 2. The summed E-state index contributed by atoms with van der Waals surface area (Å²) in [6.07, 6.45) is 0.240. The number of rotatable bonds is 5. The van der Waals surface area contributed by atoms with Gasteiger partial charge in [0.25, 0.3) is 5.91 Å². The predicted molar refractivity (Wildman–Crippen MR) is 115 cm³/mol. The number of furan rings is 1. The van der Waals surface area contributed by atoms with Gasteiger partial charge in [-0.2, -0.15) is 13.2 Å². The molecule has 0 spiro atoms. The SMILES string of the molecule is O=C(NCc1ccco1)C1CCN(C2CCN(C(=O)c3cccc(C(F)(F)F)c3)CC2)CC1. The molecule has 178 valence electrons. The minimum Gasteiger partial charge on any atom is -0.467 e. The minimum absolute atomic E-state index is 0.0150. The fraction of sp³-hybridized carbons (Fsp3) is 0.500. The lowest BCUT2D eigenvalue weighted by Crippen LogP contribution is -2.50. The van der Waals surface area contributed by atoms with Gasteiger partial charge in [0.05, 0.1) is 18.4 Å². The van der Waals surface area contributed by atoms with E-state index >= 15 is 0 Å². The number of carbonyl (C=O) groups excluding carboxylic acids is 2. The molecule has 3 heterocycles. The molecule has 2 amide bonds. The average molecular weight is 464 g/mol. The lowest BCUT2D eigenvalue weighted by atomic mass is 9.92. The number of piperidine rings is 2. The number of nitrogens with one attached hydrogen (secondary N) is 1. The first-order chi connectivity index (χ1) is 15.8. The van der Waals surface area contributed by atoms with Crippen LogP contribution in [0.5, 0.6) is 0 Å². The number of benzene rings is 1. The predicted octanol–water partition coefficient (Wildman–Crippen LogP) is 3.93. The number of alkyl halides is 3. The van der Waals surface area contributed by atoms with Crippen LogP contribution in [-0.2, 0) is 17.5 Å². The summed E-state index contributed by atoms with van der Waals surface area (Å²) in [5.74, 6) is 0.407. The molecule has 33 heavy (non-hydrogen) atoms. The first kappa shape index (κ1) is 23.4. The van der Waals surface area contributed by atoms with E-state index in [0.29, 0.717) is 25.7 Å². The topological polar surface area (TPSA) is 65.8 Å². The van der Waals surface area contributed by atoms with Gasteiger partial charge in [0.2, 0.25) is 5.91 Å². The minimum atomic E-state index is -4.47. The number of hydrogen-bond acceptors (Lipinski definition) is 4. The van der Waals surface area contributed by atoms with Gasteiger partial charge in [0.1, 0.15) is 5.76 Å². The molecular formula is C24H28F3N3O3. The quantitative estimate of drug-likeness (QED) is 0.730. The molecule has 0 atom stereocenters. The molecule has 1 N–H and O–H groups in total. The first-order valence-electron chi connectivity index (χ1n) is 11.3. The van der Waals surface area contributed by atoms with E-state index in [4.69, 9.17) is 4.42 Å². The standard InChI is InChI=1S/C24H28F3N3O3/c25-24(26,27)19-4-1-3-18(15-19)23(32)30-12-8-20(9-13-30)29-10-6-17(7-11-29)22(31)28-16-21-5-2-14-33-21/h1-5,14-15,17,20H,6-13,16H2,(H,28,31). The van der Waals surface area contributed by atoms with Crippen LogP contribution < -0.4 is 5.32 Å². The van der Waals surface area contributed by atoms with E-state index < -0.39 is 11.7 Å². The van der Waals surface area contributed by atoms with Gasteiger partial charge < -0.3 is 19.5 Å². The Morgan fingerprint density at radius 3 is 2.36 bits per heavy atom. The number of likely N-dealkylation sites (tertiary alicyclic amines) is 2. The second-order valence-corrected chi connectivity index (χ2v) is 8.71. The van der Waals surface area contributed by atoms with E-state index in [9.17, 15) is 22.8 Å². The summed E-state index contributed by atoms with van der Waals surface area (Å²) >= 11 is 0. The number of halogens is 3. The summed E-state index contributed by atoms with van der Waals surface area (Å²) in [6, 6.07) is 8.55. The summed E-state index contributed by atoms with van der Waals surface area (Å²) in [5, 5.41) is 2.93. The van der Waals surface area contributed by atoms with Crippen molar-refractivity contribution in [3.8, 4) is 0 Å². The van der Waals surface area contributed by atoms with Crippen LogP contribution in [0.15, 0.2) is 47.1 Å². The van der Waals surface area contributed by atoms with Gasteiger partial charge in [-0.3, -0.25) is 9.59 Å².